The van der Waals surface area contributed by atoms with Crippen LogP contribution < -0.4 is 5.32 Å². The summed E-state index contributed by atoms with van der Waals surface area (Å²) in [7, 11) is 3.99. The number of rotatable bonds is 8. The quantitative estimate of drug-likeness (QED) is 0.653. The standard InChI is InChI=1S/C22H28BrN3O2/c1-5-12-26(14-13-25(3)4)22(28)18-7-6-16(2)20(15-18)24-21(27)17-8-10-19(23)11-9-17/h6-11,15H,5,12-14H2,1-4H3,(H,24,27). The molecule has 150 valence electrons. The van der Waals surface area contributed by atoms with Crippen molar-refractivity contribution >= 4 is 33.4 Å². The van der Waals surface area contributed by atoms with Crippen LogP contribution in [0, 0.1) is 6.92 Å². The molecule has 2 amide bonds. The molecule has 2 aromatic carbocycles. The lowest BCUT2D eigenvalue weighted by Gasteiger charge is -2.24. The van der Waals surface area contributed by atoms with Crippen molar-refractivity contribution < 1.29 is 9.59 Å². The van der Waals surface area contributed by atoms with Crippen molar-refractivity contribution in [2.24, 2.45) is 0 Å². The highest BCUT2D eigenvalue weighted by atomic mass is 79.9. The van der Waals surface area contributed by atoms with E-state index in [0.29, 0.717) is 29.9 Å². The van der Waals surface area contributed by atoms with Crippen LogP contribution in [-0.2, 0) is 0 Å². The zero-order valence-corrected chi connectivity index (χ0v) is 18.5. The largest absolute Gasteiger partial charge is 0.337 e. The Balaban J connectivity index is 2.19. The Labute approximate surface area is 175 Å². The molecule has 2 rings (SSSR count). The number of hydrogen-bond acceptors (Lipinski definition) is 3. The van der Waals surface area contributed by atoms with Crippen molar-refractivity contribution in [2.75, 3.05) is 39.0 Å². The number of aryl methyl sites for hydroxylation is 1. The van der Waals surface area contributed by atoms with Crippen molar-refractivity contribution in [2.45, 2.75) is 20.3 Å². The summed E-state index contributed by atoms with van der Waals surface area (Å²) in [4.78, 5) is 29.5. The van der Waals surface area contributed by atoms with Gasteiger partial charge in [0.25, 0.3) is 11.8 Å². The van der Waals surface area contributed by atoms with Gasteiger partial charge in [-0.2, -0.15) is 0 Å². The molecule has 28 heavy (non-hydrogen) atoms. The molecule has 0 fully saturated rings. The van der Waals surface area contributed by atoms with Gasteiger partial charge in [-0.3, -0.25) is 9.59 Å². The van der Waals surface area contributed by atoms with Gasteiger partial charge >= 0.3 is 0 Å². The first-order chi connectivity index (χ1) is 13.3. The molecule has 5 nitrogen and oxygen atoms in total. The molecule has 0 heterocycles. The molecule has 0 radical (unpaired) electrons. The Morgan fingerprint density at radius 2 is 1.61 bits per heavy atom. The first-order valence-electron chi connectivity index (χ1n) is 9.43. The van der Waals surface area contributed by atoms with Gasteiger partial charge in [-0.1, -0.05) is 28.9 Å². The van der Waals surface area contributed by atoms with E-state index < -0.39 is 0 Å². The fourth-order valence-corrected chi connectivity index (χ4v) is 3.04. The summed E-state index contributed by atoms with van der Waals surface area (Å²) in [6.07, 6.45) is 0.901. The number of hydrogen-bond donors (Lipinski definition) is 1. The third-order valence-electron chi connectivity index (χ3n) is 4.44. The van der Waals surface area contributed by atoms with E-state index in [4.69, 9.17) is 0 Å². The van der Waals surface area contributed by atoms with Crippen molar-refractivity contribution in [3.63, 3.8) is 0 Å². The zero-order chi connectivity index (χ0) is 20.7. The number of benzene rings is 2. The van der Waals surface area contributed by atoms with Crippen LogP contribution in [0.2, 0.25) is 0 Å². The van der Waals surface area contributed by atoms with Gasteiger partial charge < -0.3 is 15.1 Å². The van der Waals surface area contributed by atoms with E-state index in [1.807, 2.05) is 50.2 Å². The first-order valence-corrected chi connectivity index (χ1v) is 10.2. The highest BCUT2D eigenvalue weighted by molar-refractivity contribution is 9.10. The van der Waals surface area contributed by atoms with Gasteiger partial charge in [-0.05, 0) is 69.4 Å². The van der Waals surface area contributed by atoms with Crippen molar-refractivity contribution in [3.05, 3.63) is 63.6 Å². The van der Waals surface area contributed by atoms with Crippen LogP contribution in [0.25, 0.3) is 0 Å². The topological polar surface area (TPSA) is 52.6 Å². The summed E-state index contributed by atoms with van der Waals surface area (Å²) in [6, 6.07) is 12.6. The maximum Gasteiger partial charge on any atom is 0.255 e. The average Bonchev–Trinajstić information content (AvgIpc) is 2.66. The highest BCUT2D eigenvalue weighted by Crippen LogP contribution is 2.20. The van der Waals surface area contributed by atoms with E-state index in [0.717, 1.165) is 23.0 Å². The molecule has 0 aliphatic carbocycles. The molecule has 0 saturated heterocycles. The lowest BCUT2D eigenvalue weighted by atomic mass is 10.1. The molecule has 6 heteroatoms. The van der Waals surface area contributed by atoms with E-state index in [1.54, 1.807) is 18.2 Å². The number of carbonyl (C=O) groups is 2. The number of likely N-dealkylation sites (N-methyl/N-ethyl adjacent to an activating group) is 1. The van der Waals surface area contributed by atoms with Crippen molar-refractivity contribution in [1.29, 1.82) is 0 Å². The molecule has 2 aromatic rings. The zero-order valence-electron chi connectivity index (χ0n) is 17.0. The van der Waals surface area contributed by atoms with Gasteiger partial charge in [0.1, 0.15) is 0 Å². The second kappa shape index (κ2) is 10.4. The van der Waals surface area contributed by atoms with Crippen LogP contribution >= 0.6 is 15.9 Å². The smallest absolute Gasteiger partial charge is 0.255 e. The maximum absolute atomic E-state index is 13.0. The third kappa shape index (κ3) is 6.17. The van der Waals surface area contributed by atoms with Crippen LogP contribution in [0.15, 0.2) is 46.9 Å². The van der Waals surface area contributed by atoms with Gasteiger partial charge in [0.05, 0.1) is 0 Å². The second-order valence-corrected chi connectivity index (χ2v) is 8.00. The summed E-state index contributed by atoms with van der Waals surface area (Å²) in [5, 5.41) is 2.93. The van der Waals surface area contributed by atoms with Crippen molar-refractivity contribution in [1.82, 2.24) is 9.80 Å². The summed E-state index contributed by atoms with van der Waals surface area (Å²) in [6.45, 7) is 6.18. The molecule has 0 atom stereocenters. The van der Waals surface area contributed by atoms with Gasteiger partial charge in [0.2, 0.25) is 0 Å². The fraction of sp³-hybridized carbons (Fsp3) is 0.364. The van der Waals surface area contributed by atoms with Crippen LogP contribution in [0.3, 0.4) is 0 Å². The number of nitrogens with one attached hydrogen (secondary N) is 1. The molecular weight excluding hydrogens is 418 g/mol. The molecule has 0 aliphatic heterocycles. The first kappa shape index (κ1) is 22.1. The predicted molar refractivity (Wildman–Crippen MR) is 118 cm³/mol. The van der Waals surface area contributed by atoms with E-state index in [9.17, 15) is 9.59 Å². The van der Waals surface area contributed by atoms with Crippen molar-refractivity contribution in [3.8, 4) is 0 Å². The molecule has 0 spiro atoms. The van der Waals surface area contributed by atoms with Crippen LogP contribution in [-0.4, -0.2) is 55.3 Å². The molecular formula is C22H28BrN3O2. The lowest BCUT2D eigenvalue weighted by molar-refractivity contribution is 0.0744. The minimum atomic E-state index is -0.196. The summed E-state index contributed by atoms with van der Waals surface area (Å²) in [5.41, 5.74) is 2.72. The monoisotopic (exact) mass is 445 g/mol. The SMILES string of the molecule is CCCN(CCN(C)C)C(=O)c1ccc(C)c(NC(=O)c2ccc(Br)cc2)c1. The molecule has 0 saturated carbocycles. The summed E-state index contributed by atoms with van der Waals surface area (Å²) < 4.78 is 0.918. The Hall–Kier alpha value is -2.18. The number of halogens is 1. The van der Waals surface area contributed by atoms with Crippen LogP contribution in [0.1, 0.15) is 39.6 Å². The normalized spacial score (nSPS) is 10.8. The average molecular weight is 446 g/mol. The summed E-state index contributed by atoms with van der Waals surface area (Å²) >= 11 is 3.37. The predicted octanol–water partition coefficient (Wildman–Crippen LogP) is 4.42. The Bertz CT molecular complexity index is 819. The maximum atomic E-state index is 13.0. The second-order valence-electron chi connectivity index (χ2n) is 7.09. The molecule has 0 aromatic heterocycles. The Kier molecular flexibility index (Phi) is 8.20. The van der Waals surface area contributed by atoms with Crippen LogP contribution in [0.4, 0.5) is 5.69 Å². The Morgan fingerprint density at radius 1 is 0.964 bits per heavy atom. The van der Waals surface area contributed by atoms with Gasteiger partial charge in [-0.25, -0.2) is 0 Å². The molecule has 0 aliphatic rings. The highest BCUT2D eigenvalue weighted by Gasteiger charge is 2.17. The third-order valence-corrected chi connectivity index (χ3v) is 4.97. The fourth-order valence-electron chi connectivity index (χ4n) is 2.77. The minimum absolute atomic E-state index is 0.0113. The summed E-state index contributed by atoms with van der Waals surface area (Å²) in [5.74, 6) is -0.207. The Morgan fingerprint density at radius 3 is 2.21 bits per heavy atom. The number of anilines is 1. The lowest BCUT2D eigenvalue weighted by Crippen LogP contribution is -2.37. The van der Waals surface area contributed by atoms with Gasteiger partial charge in [0.15, 0.2) is 0 Å². The van der Waals surface area contributed by atoms with E-state index in [1.165, 1.54) is 0 Å². The molecule has 0 bridgehead atoms. The number of carbonyl (C=O) groups excluding carboxylic acids is 2. The molecule has 1 N–H and O–H groups in total. The molecule has 0 unspecified atom stereocenters. The minimum Gasteiger partial charge on any atom is -0.337 e. The number of nitrogens with zero attached hydrogens (tertiary/aromatic N) is 2. The van der Waals surface area contributed by atoms with E-state index in [2.05, 4.69) is 33.1 Å². The number of amides is 2. The van der Waals surface area contributed by atoms with Crippen LogP contribution in [0.5, 0.6) is 0 Å². The van der Waals surface area contributed by atoms with E-state index >= 15 is 0 Å². The van der Waals surface area contributed by atoms with Gasteiger partial charge in [-0.15, -0.1) is 0 Å². The van der Waals surface area contributed by atoms with Gasteiger partial charge in [0, 0.05) is 40.9 Å². The van der Waals surface area contributed by atoms with E-state index in [-0.39, 0.29) is 11.8 Å².